The van der Waals surface area contributed by atoms with Gasteiger partial charge in [-0.15, -0.1) is 0 Å². The normalized spacial score (nSPS) is 16.8. The monoisotopic (exact) mass is 146 g/mol. The van der Waals surface area contributed by atoms with E-state index in [1.807, 2.05) is 13.8 Å². The predicted molar refractivity (Wildman–Crippen MR) is 42.6 cm³/mol. The molecule has 2 atom stereocenters. The second-order valence-electron chi connectivity index (χ2n) is 2.69. The van der Waals surface area contributed by atoms with E-state index < -0.39 is 0 Å². The van der Waals surface area contributed by atoms with Gasteiger partial charge in [0.15, 0.2) is 0 Å². The van der Waals surface area contributed by atoms with Crippen molar-refractivity contribution in [1.82, 2.24) is 5.32 Å². The van der Waals surface area contributed by atoms with Crippen LogP contribution in [-0.4, -0.2) is 23.9 Å². The Hall–Kier alpha value is -0.120. The first-order chi connectivity index (χ1) is 4.66. The number of nitrogens with one attached hydrogen (secondary N) is 1. The van der Waals surface area contributed by atoms with Gasteiger partial charge >= 0.3 is 0 Å². The zero-order chi connectivity index (χ0) is 7.98. The van der Waals surface area contributed by atoms with Crippen LogP contribution >= 0.6 is 0 Å². The van der Waals surface area contributed by atoms with E-state index in [9.17, 15) is 0 Å². The number of aliphatic hydroxyl groups is 1. The van der Waals surface area contributed by atoms with E-state index in [1.165, 1.54) is 0 Å². The average molecular weight is 146 g/mol. The summed E-state index contributed by atoms with van der Waals surface area (Å²) in [5.41, 5.74) is 5.46. The summed E-state index contributed by atoms with van der Waals surface area (Å²) in [6.45, 7) is 4.63. The van der Waals surface area contributed by atoms with E-state index in [1.54, 1.807) is 0 Å². The lowest BCUT2D eigenvalue weighted by Crippen LogP contribution is -2.37. The number of hydrogen-bond acceptors (Lipinski definition) is 3. The Labute approximate surface area is 62.6 Å². The van der Waals surface area contributed by atoms with Crippen molar-refractivity contribution >= 4 is 0 Å². The Bertz CT molecular complexity index is 76.0. The molecule has 0 aromatic heterocycles. The van der Waals surface area contributed by atoms with Crippen molar-refractivity contribution < 1.29 is 5.11 Å². The van der Waals surface area contributed by atoms with E-state index in [4.69, 9.17) is 10.8 Å². The summed E-state index contributed by atoms with van der Waals surface area (Å²) in [5.74, 6) is 0. The van der Waals surface area contributed by atoms with Gasteiger partial charge < -0.3 is 10.8 Å². The molecule has 0 aromatic carbocycles. The summed E-state index contributed by atoms with van der Waals surface area (Å²) in [7, 11) is 0. The minimum Gasteiger partial charge on any atom is -0.379 e. The fourth-order valence-electron chi connectivity index (χ4n) is 0.697. The van der Waals surface area contributed by atoms with Gasteiger partial charge in [-0.2, -0.15) is 0 Å². The fraction of sp³-hybridized carbons (Fsp3) is 1.00. The molecule has 0 saturated heterocycles. The van der Waals surface area contributed by atoms with Crippen molar-refractivity contribution in [2.75, 3.05) is 6.54 Å². The van der Waals surface area contributed by atoms with Gasteiger partial charge in [0.2, 0.25) is 0 Å². The predicted octanol–water partition coefficient (Wildman–Crippen LogP) is 0.0417. The van der Waals surface area contributed by atoms with E-state index in [0.717, 1.165) is 12.8 Å². The molecular formula is C7H18N2O. The molecule has 0 heterocycles. The standard InChI is InChI=1S/C7H18N2O/c1-3-4-7(10)9-5-6(2)8/h6-7,9-10H,3-5,8H2,1-2H3. The van der Waals surface area contributed by atoms with E-state index in [2.05, 4.69) is 5.32 Å². The van der Waals surface area contributed by atoms with Crippen LogP contribution in [0.25, 0.3) is 0 Å². The largest absolute Gasteiger partial charge is 0.379 e. The molecule has 4 N–H and O–H groups in total. The van der Waals surface area contributed by atoms with Gasteiger partial charge in [-0.05, 0) is 13.3 Å². The highest BCUT2D eigenvalue weighted by Gasteiger charge is 2.00. The Morgan fingerprint density at radius 3 is 2.60 bits per heavy atom. The minimum absolute atomic E-state index is 0.117. The molecule has 0 rings (SSSR count). The Morgan fingerprint density at radius 2 is 2.20 bits per heavy atom. The molecule has 3 heteroatoms. The zero-order valence-corrected chi connectivity index (χ0v) is 6.80. The molecule has 10 heavy (non-hydrogen) atoms. The molecule has 0 aromatic rings. The molecule has 0 spiro atoms. The van der Waals surface area contributed by atoms with Gasteiger partial charge in [0, 0.05) is 12.6 Å². The van der Waals surface area contributed by atoms with Crippen LogP contribution in [0, 0.1) is 0 Å². The lowest BCUT2D eigenvalue weighted by Gasteiger charge is -2.12. The second kappa shape index (κ2) is 5.65. The van der Waals surface area contributed by atoms with E-state index in [0.29, 0.717) is 6.54 Å². The topological polar surface area (TPSA) is 58.3 Å². The van der Waals surface area contributed by atoms with Crippen molar-refractivity contribution in [3.05, 3.63) is 0 Å². The van der Waals surface area contributed by atoms with Crippen molar-refractivity contribution in [3.8, 4) is 0 Å². The van der Waals surface area contributed by atoms with Crippen molar-refractivity contribution in [3.63, 3.8) is 0 Å². The van der Waals surface area contributed by atoms with Crippen LogP contribution in [0.3, 0.4) is 0 Å². The lowest BCUT2D eigenvalue weighted by molar-refractivity contribution is 0.125. The van der Waals surface area contributed by atoms with Gasteiger partial charge in [0.1, 0.15) is 6.23 Å². The maximum Gasteiger partial charge on any atom is 0.104 e. The highest BCUT2D eigenvalue weighted by Crippen LogP contribution is 1.90. The molecule has 0 aliphatic carbocycles. The molecule has 0 aliphatic rings. The first kappa shape index (κ1) is 9.88. The van der Waals surface area contributed by atoms with Gasteiger partial charge in [-0.1, -0.05) is 13.3 Å². The number of rotatable bonds is 5. The smallest absolute Gasteiger partial charge is 0.104 e. The molecular weight excluding hydrogens is 128 g/mol. The Kier molecular flexibility index (Phi) is 5.58. The third-order valence-electron chi connectivity index (χ3n) is 1.24. The van der Waals surface area contributed by atoms with Crippen molar-refractivity contribution in [1.29, 1.82) is 0 Å². The molecule has 62 valence electrons. The average Bonchev–Trinajstić information content (AvgIpc) is 1.85. The lowest BCUT2D eigenvalue weighted by atomic mass is 10.3. The van der Waals surface area contributed by atoms with Crippen LogP contribution in [-0.2, 0) is 0 Å². The highest BCUT2D eigenvalue weighted by atomic mass is 16.3. The fourth-order valence-corrected chi connectivity index (χ4v) is 0.697. The summed E-state index contributed by atoms with van der Waals surface area (Å²) in [5, 5.41) is 12.0. The van der Waals surface area contributed by atoms with E-state index in [-0.39, 0.29) is 12.3 Å². The van der Waals surface area contributed by atoms with Gasteiger partial charge in [0.25, 0.3) is 0 Å². The second-order valence-corrected chi connectivity index (χ2v) is 2.69. The third-order valence-corrected chi connectivity index (χ3v) is 1.24. The number of nitrogens with two attached hydrogens (primary N) is 1. The maximum absolute atomic E-state index is 9.13. The van der Waals surface area contributed by atoms with Crippen LogP contribution in [0.5, 0.6) is 0 Å². The van der Waals surface area contributed by atoms with Crippen LogP contribution in [0.15, 0.2) is 0 Å². The van der Waals surface area contributed by atoms with Crippen LogP contribution in [0.2, 0.25) is 0 Å². The minimum atomic E-state index is -0.379. The molecule has 2 unspecified atom stereocenters. The molecule has 3 nitrogen and oxygen atoms in total. The van der Waals surface area contributed by atoms with Crippen molar-refractivity contribution in [2.45, 2.75) is 39.0 Å². The summed E-state index contributed by atoms with van der Waals surface area (Å²) >= 11 is 0. The first-order valence-electron chi connectivity index (χ1n) is 3.83. The third kappa shape index (κ3) is 6.01. The van der Waals surface area contributed by atoms with E-state index >= 15 is 0 Å². The maximum atomic E-state index is 9.13. The molecule has 0 saturated carbocycles. The zero-order valence-electron chi connectivity index (χ0n) is 6.80. The highest BCUT2D eigenvalue weighted by molar-refractivity contribution is 4.59. The first-order valence-corrected chi connectivity index (χ1v) is 3.83. The molecule has 0 aliphatic heterocycles. The summed E-state index contributed by atoms with van der Waals surface area (Å²) < 4.78 is 0. The molecule has 0 bridgehead atoms. The molecule has 0 amide bonds. The Balaban J connectivity index is 3.12. The van der Waals surface area contributed by atoms with Gasteiger partial charge in [-0.3, -0.25) is 5.32 Å². The quantitative estimate of drug-likeness (QED) is 0.480. The summed E-state index contributed by atoms with van der Waals surface area (Å²) in [6, 6.07) is 0.117. The summed E-state index contributed by atoms with van der Waals surface area (Å²) in [6.07, 6.45) is 1.41. The van der Waals surface area contributed by atoms with Gasteiger partial charge in [-0.25, -0.2) is 0 Å². The summed E-state index contributed by atoms with van der Waals surface area (Å²) in [4.78, 5) is 0. The van der Waals surface area contributed by atoms with Gasteiger partial charge in [0.05, 0.1) is 0 Å². The van der Waals surface area contributed by atoms with Crippen LogP contribution in [0.4, 0.5) is 0 Å². The Morgan fingerprint density at radius 1 is 1.60 bits per heavy atom. The number of hydrogen-bond donors (Lipinski definition) is 3. The molecule has 0 fully saturated rings. The van der Waals surface area contributed by atoms with Crippen LogP contribution < -0.4 is 11.1 Å². The van der Waals surface area contributed by atoms with Crippen molar-refractivity contribution in [2.24, 2.45) is 5.73 Å². The molecule has 0 radical (unpaired) electrons. The van der Waals surface area contributed by atoms with Crippen LogP contribution in [0.1, 0.15) is 26.7 Å². The SMILES string of the molecule is CCCC(O)NCC(C)N. The number of aliphatic hydroxyl groups excluding tert-OH is 1.